The highest BCUT2D eigenvalue weighted by Crippen LogP contribution is 2.33. The Balaban J connectivity index is 2.36. The summed E-state index contributed by atoms with van der Waals surface area (Å²) in [4.78, 5) is -0.0977. The first kappa shape index (κ1) is 17.7. The minimum Gasteiger partial charge on any atom is -0.493 e. The Morgan fingerprint density at radius 2 is 1.87 bits per heavy atom. The monoisotopic (exact) mass is 375 g/mol. The molecule has 0 aliphatic rings. The molecule has 1 N–H and O–H groups in total. The molecule has 8 heteroatoms. The summed E-state index contributed by atoms with van der Waals surface area (Å²) in [5, 5.41) is 0.137. The fourth-order valence-electron chi connectivity index (χ4n) is 1.91. The molecule has 23 heavy (non-hydrogen) atoms. The lowest BCUT2D eigenvalue weighted by atomic mass is 10.3. The first-order valence-corrected chi connectivity index (χ1v) is 8.90. The second kappa shape index (κ2) is 7.29. The number of rotatable bonds is 6. The van der Waals surface area contributed by atoms with E-state index in [0.717, 1.165) is 0 Å². The van der Waals surface area contributed by atoms with Crippen LogP contribution in [0, 0.1) is 0 Å². The van der Waals surface area contributed by atoms with Crippen molar-refractivity contribution in [3.8, 4) is 11.5 Å². The van der Waals surface area contributed by atoms with Crippen molar-refractivity contribution in [3.63, 3.8) is 0 Å². The van der Waals surface area contributed by atoms with Crippen LogP contribution in [0.3, 0.4) is 0 Å². The molecule has 0 spiro atoms. The van der Waals surface area contributed by atoms with Crippen LogP contribution in [0.1, 0.15) is 6.92 Å². The van der Waals surface area contributed by atoms with E-state index in [4.69, 9.17) is 32.7 Å². The quantitative estimate of drug-likeness (QED) is 0.821. The second-order valence-electron chi connectivity index (χ2n) is 4.46. The van der Waals surface area contributed by atoms with E-state index in [0.29, 0.717) is 23.8 Å². The predicted octanol–water partition coefficient (Wildman–Crippen LogP) is 4.20. The van der Waals surface area contributed by atoms with E-state index in [-0.39, 0.29) is 14.9 Å². The molecule has 0 unspecified atom stereocenters. The first-order valence-electron chi connectivity index (χ1n) is 6.66. The molecule has 0 saturated heterocycles. The van der Waals surface area contributed by atoms with Gasteiger partial charge in [0, 0.05) is 6.07 Å². The number of halogens is 2. The van der Waals surface area contributed by atoms with Crippen LogP contribution >= 0.6 is 23.2 Å². The van der Waals surface area contributed by atoms with Crippen molar-refractivity contribution >= 4 is 38.9 Å². The van der Waals surface area contributed by atoms with Gasteiger partial charge in [0.1, 0.15) is 4.90 Å². The number of ether oxygens (including phenoxy) is 2. The van der Waals surface area contributed by atoms with E-state index in [9.17, 15) is 8.42 Å². The molecule has 0 amide bonds. The van der Waals surface area contributed by atoms with Crippen molar-refractivity contribution in [1.82, 2.24) is 0 Å². The number of methoxy groups -OCH3 is 1. The van der Waals surface area contributed by atoms with Gasteiger partial charge in [0.2, 0.25) is 0 Å². The van der Waals surface area contributed by atoms with Gasteiger partial charge in [-0.05, 0) is 31.2 Å². The van der Waals surface area contributed by atoms with Crippen molar-refractivity contribution in [3.05, 3.63) is 46.4 Å². The zero-order chi connectivity index (χ0) is 17.0. The molecular weight excluding hydrogens is 361 g/mol. The summed E-state index contributed by atoms with van der Waals surface area (Å²) in [5.74, 6) is 0.947. The van der Waals surface area contributed by atoms with E-state index < -0.39 is 10.0 Å². The maximum atomic E-state index is 12.5. The zero-order valence-corrected chi connectivity index (χ0v) is 14.8. The van der Waals surface area contributed by atoms with Gasteiger partial charge in [-0.1, -0.05) is 29.3 Å². The van der Waals surface area contributed by atoms with Crippen molar-refractivity contribution in [1.29, 1.82) is 0 Å². The Labute approximate surface area is 145 Å². The SMILES string of the molecule is CCOc1ccc(NS(=O)(=O)c2cccc(Cl)c2Cl)cc1OC. The second-order valence-corrected chi connectivity index (χ2v) is 6.89. The number of benzene rings is 2. The van der Waals surface area contributed by atoms with Crippen LogP contribution in [0.15, 0.2) is 41.3 Å². The third kappa shape index (κ3) is 4.02. The molecule has 5 nitrogen and oxygen atoms in total. The van der Waals surface area contributed by atoms with E-state index in [2.05, 4.69) is 4.72 Å². The highest BCUT2D eigenvalue weighted by Gasteiger charge is 2.20. The minimum atomic E-state index is -3.88. The molecule has 2 aromatic carbocycles. The lowest BCUT2D eigenvalue weighted by molar-refractivity contribution is 0.311. The molecule has 0 bridgehead atoms. The Bertz CT molecular complexity index is 809. The molecule has 124 valence electrons. The lowest BCUT2D eigenvalue weighted by Gasteiger charge is -2.13. The average molecular weight is 376 g/mol. The third-order valence-electron chi connectivity index (χ3n) is 2.92. The molecule has 2 aromatic rings. The Kier molecular flexibility index (Phi) is 5.62. The molecule has 0 saturated carbocycles. The van der Waals surface area contributed by atoms with Gasteiger partial charge in [0.25, 0.3) is 10.0 Å². The topological polar surface area (TPSA) is 64.6 Å². The van der Waals surface area contributed by atoms with Crippen LogP contribution in [-0.4, -0.2) is 22.1 Å². The Morgan fingerprint density at radius 1 is 1.13 bits per heavy atom. The fraction of sp³-hybridized carbons (Fsp3) is 0.200. The molecule has 0 aromatic heterocycles. The highest BCUT2D eigenvalue weighted by molar-refractivity contribution is 7.92. The zero-order valence-electron chi connectivity index (χ0n) is 12.5. The molecule has 2 rings (SSSR count). The van der Waals surface area contributed by atoms with Gasteiger partial charge in [0.15, 0.2) is 11.5 Å². The van der Waals surface area contributed by atoms with Gasteiger partial charge in [0.05, 0.1) is 29.4 Å². The Hall–Kier alpha value is -1.63. The standard InChI is InChI=1S/C15H15Cl2NO4S/c1-3-22-12-8-7-10(9-13(12)21-2)18-23(19,20)14-6-4-5-11(16)15(14)17/h4-9,18H,3H2,1-2H3. The molecular formula is C15H15Cl2NO4S. The van der Waals surface area contributed by atoms with E-state index in [1.165, 1.54) is 31.4 Å². The van der Waals surface area contributed by atoms with Crippen LogP contribution in [0.5, 0.6) is 11.5 Å². The van der Waals surface area contributed by atoms with E-state index in [1.54, 1.807) is 12.1 Å². The summed E-state index contributed by atoms with van der Waals surface area (Å²) in [6, 6.07) is 9.14. The van der Waals surface area contributed by atoms with Crippen molar-refractivity contribution in [2.75, 3.05) is 18.4 Å². The summed E-state index contributed by atoms with van der Waals surface area (Å²) in [6.45, 7) is 2.32. The van der Waals surface area contributed by atoms with Gasteiger partial charge in [-0.15, -0.1) is 0 Å². The van der Waals surface area contributed by atoms with Gasteiger partial charge in [-0.3, -0.25) is 4.72 Å². The van der Waals surface area contributed by atoms with Gasteiger partial charge in [-0.25, -0.2) is 8.42 Å². The normalized spacial score (nSPS) is 11.1. The lowest BCUT2D eigenvalue weighted by Crippen LogP contribution is -2.13. The van der Waals surface area contributed by atoms with Crippen LogP contribution in [0.25, 0.3) is 0 Å². The van der Waals surface area contributed by atoms with Crippen molar-refractivity contribution < 1.29 is 17.9 Å². The van der Waals surface area contributed by atoms with Gasteiger partial charge < -0.3 is 9.47 Å². The first-order chi connectivity index (χ1) is 10.9. The van der Waals surface area contributed by atoms with E-state index >= 15 is 0 Å². The maximum absolute atomic E-state index is 12.5. The number of anilines is 1. The largest absolute Gasteiger partial charge is 0.493 e. The third-order valence-corrected chi connectivity index (χ3v) is 5.28. The molecule has 0 aliphatic heterocycles. The van der Waals surface area contributed by atoms with Crippen LogP contribution in [-0.2, 0) is 10.0 Å². The van der Waals surface area contributed by atoms with Gasteiger partial charge in [-0.2, -0.15) is 0 Å². The van der Waals surface area contributed by atoms with E-state index in [1.807, 2.05) is 6.92 Å². The summed E-state index contributed by atoms with van der Waals surface area (Å²) in [6.07, 6.45) is 0. The summed E-state index contributed by atoms with van der Waals surface area (Å²) in [5.41, 5.74) is 0.321. The summed E-state index contributed by atoms with van der Waals surface area (Å²) < 4.78 is 37.9. The molecule has 0 atom stereocenters. The summed E-state index contributed by atoms with van der Waals surface area (Å²) in [7, 11) is -2.40. The average Bonchev–Trinajstić information content (AvgIpc) is 2.51. The van der Waals surface area contributed by atoms with Crippen LogP contribution in [0.2, 0.25) is 10.0 Å². The molecule has 0 heterocycles. The van der Waals surface area contributed by atoms with Gasteiger partial charge >= 0.3 is 0 Å². The highest BCUT2D eigenvalue weighted by atomic mass is 35.5. The number of sulfonamides is 1. The van der Waals surface area contributed by atoms with Crippen molar-refractivity contribution in [2.45, 2.75) is 11.8 Å². The Morgan fingerprint density at radius 3 is 2.52 bits per heavy atom. The molecule has 0 fully saturated rings. The number of nitrogens with one attached hydrogen (secondary N) is 1. The number of hydrogen-bond donors (Lipinski definition) is 1. The number of hydrogen-bond acceptors (Lipinski definition) is 4. The van der Waals surface area contributed by atoms with Crippen LogP contribution < -0.4 is 14.2 Å². The van der Waals surface area contributed by atoms with Crippen LogP contribution in [0.4, 0.5) is 5.69 Å². The minimum absolute atomic E-state index is 0.0282. The molecule has 0 radical (unpaired) electrons. The summed E-state index contributed by atoms with van der Waals surface area (Å²) >= 11 is 11.8. The molecule has 0 aliphatic carbocycles. The van der Waals surface area contributed by atoms with Crippen molar-refractivity contribution in [2.24, 2.45) is 0 Å². The fourth-order valence-corrected chi connectivity index (χ4v) is 3.72. The smallest absolute Gasteiger partial charge is 0.263 e. The maximum Gasteiger partial charge on any atom is 0.263 e. The predicted molar refractivity (Wildman–Crippen MR) is 91.4 cm³/mol.